The molecule has 3 rings (SSSR count). The van der Waals surface area contributed by atoms with Gasteiger partial charge in [-0.25, -0.2) is 13.6 Å². The highest BCUT2D eigenvalue weighted by Gasteiger charge is 2.68. The molecule has 1 unspecified atom stereocenters. The van der Waals surface area contributed by atoms with E-state index in [0.29, 0.717) is 12.2 Å². The lowest BCUT2D eigenvalue weighted by molar-refractivity contribution is 0.0626. The van der Waals surface area contributed by atoms with Crippen LogP contribution < -0.4 is 11.1 Å². The van der Waals surface area contributed by atoms with E-state index in [1.54, 1.807) is 12.2 Å². The molecular weight excluding hydrogens is 398 g/mol. The number of urea groups is 1. The average molecular weight is 427 g/mol. The first-order valence-electron chi connectivity index (χ1n) is 10.1. The highest BCUT2D eigenvalue weighted by molar-refractivity contribution is 6.10. The molecule has 31 heavy (non-hydrogen) atoms. The molecule has 1 atom stereocenters. The SMILES string of the molecule is CNC(=O)N(/C=C/C=C(\N)c1cc(C2=CC=CCN=C2)ccc1C)CC1(C)CC1(F)F. The number of aryl methyl sites for hydroxylation is 1. The molecule has 5 nitrogen and oxygen atoms in total. The maximum atomic E-state index is 13.6. The van der Waals surface area contributed by atoms with Crippen molar-refractivity contribution in [3.05, 3.63) is 71.5 Å². The Morgan fingerprint density at radius 3 is 2.81 bits per heavy atom. The minimum atomic E-state index is -2.75. The Morgan fingerprint density at radius 1 is 1.39 bits per heavy atom. The van der Waals surface area contributed by atoms with Crippen LogP contribution in [-0.4, -0.2) is 43.2 Å². The normalized spacial score (nSPS) is 22.2. The number of hydrogen-bond donors (Lipinski definition) is 2. The number of nitrogens with one attached hydrogen (secondary N) is 1. The van der Waals surface area contributed by atoms with Crippen LogP contribution in [0.3, 0.4) is 0 Å². The van der Waals surface area contributed by atoms with E-state index >= 15 is 0 Å². The third-order valence-electron chi connectivity index (χ3n) is 5.64. The van der Waals surface area contributed by atoms with Crippen LogP contribution in [0, 0.1) is 12.3 Å². The maximum Gasteiger partial charge on any atom is 0.321 e. The third kappa shape index (κ3) is 5.10. The van der Waals surface area contributed by atoms with E-state index in [1.807, 2.05) is 49.6 Å². The molecule has 0 bridgehead atoms. The van der Waals surface area contributed by atoms with Crippen LogP contribution in [0.1, 0.15) is 30.0 Å². The molecule has 0 spiro atoms. The number of nitrogens with zero attached hydrogens (tertiary/aromatic N) is 2. The molecule has 0 aromatic heterocycles. The second kappa shape index (κ2) is 8.88. The lowest BCUT2D eigenvalue weighted by Crippen LogP contribution is -2.38. The van der Waals surface area contributed by atoms with Gasteiger partial charge in [0.2, 0.25) is 0 Å². The van der Waals surface area contributed by atoms with Crippen LogP contribution >= 0.6 is 0 Å². The summed E-state index contributed by atoms with van der Waals surface area (Å²) in [6.07, 6.45) is 12.3. The van der Waals surface area contributed by atoms with Gasteiger partial charge in [0, 0.05) is 43.7 Å². The Balaban J connectivity index is 1.80. The van der Waals surface area contributed by atoms with Crippen LogP contribution in [0.4, 0.5) is 13.6 Å². The predicted molar refractivity (Wildman–Crippen MR) is 122 cm³/mol. The predicted octanol–water partition coefficient (Wildman–Crippen LogP) is 4.52. The number of rotatable bonds is 6. The van der Waals surface area contributed by atoms with Gasteiger partial charge in [-0.05, 0) is 41.8 Å². The minimum Gasteiger partial charge on any atom is -0.398 e. The van der Waals surface area contributed by atoms with E-state index in [4.69, 9.17) is 5.73 Å². The molecule has 1 aliphatic heterocycles. The number of nitrogens with two attached hydrogens (primary N) is 1. The Morgan fingerprint density at radius 2 is 2.13 bits per heavy atom. The monoisotopic (exact) mass is 426 g/mol. The number of allylic oxidation sites excluding steroid dienone is 5. The lowest BCUT2D eigenvalue weighted by Gasteiger charge is -2.22. The summed E-state index contributed by atoms with van der Waals surface area (Å²) in [5.74, 6) is -2.75. The summed E-state index contributed by atoms with van der Waals surface area (Å²) in [5, 5.41) is 2.49. The van der Waals surface area contributed by atoms with Crippen molar-refractivity contribution in [3.63, 3.8) is 0 Å². The van der Waals surface area contributed by atoms with Crippen molar-refractivity contribution in [2.75, 3.05) is 20.1 Å². The molecule has 1 aromatic rings. The zero-order valence-corrected chi connectivity index (χ0v) is 18.0. The van der Waals surface area contributed by atoms with Gasteiger partial charge in [-0.3, -0.25) is 4.99 Å². The summed E-state index contributed by atoms with van der Waals surface area (Å²) in [6, 6.07) is 5.56. The van der Waals surface area contributed by atoms with Crippen molar-refractivity contribution < 1.29 is 13.6 Å². The fourth-order valence-corrected chi connectivity index (χ4v) is 3.44. The van der Waals surface area contributed by atoms with Crippen molar-refractivity contribution in [2.24, 2.45) is 16.1 Å². The number of alkyl halides is 2. The maximum absolute atomic E-state index is 13.6. The summed E-state index contributed by atoms with van der Waals surface area (Å²) < 4.78 is 27.2. The topological polar surface area (TPSA) is 70.7 Å². The number of benzene rings is 1. The van der Waals surface area contributed by atoms with E-state index in [0.717, 1.165) is 22.3 Å². The van der Waals surface area contributed by atoms with Crippen LogP contribution in [0.5, 0.6) is 0 Å². The quantitative estimate of drug-likeness (QED) is 0.657. The first kappa shape index (κ1) is 22.5. The molecule has 2 aliphatic rings. The summed E-state index contributed by atoms with van der Waals surface area (Å²) in [5.41, 5.74) is 9.46. The molecule has 7 heteroatoms. The Kier molecular flexibility index (Phi) is 6.43. The largest absolute Gasteiger partial charge is 0.398 e. The summed E-state index contributed by atoms with van der Waals surface area (Å²) in [7, 11) is 1.47. The fourth-order valence-electron chi connectivity index (χ4n) is 3.44. The van der Waals surface area contributed by atoms with E-state index in [2.05, 4.69) is 10.3 Å². The van der Waals surface area contributed by atoms with Crippen molar-refractivity contribution >= 4 is 23.5 Å². The highest BCUT2D eigenvalue weighted by Crippen LogP contribution is 2.60. The van der Waals surface area contributed by atoms with Gasteiger partial charge in [-0.2, -0.15) is 0 Å². The molecule has 1 fully saturated rings. The van der Waals surface area contributed by atoms with E-state index in [1.165, 1.54) is 25.1 Å². The zero-order valence-electron chi connectivity index (χ0n) is 18.0. The number of halogens is 2. The van der Waals surface area contributed by atoms with Gasteiger partial charge in [-0.1, -0.05) is 37.3 Å². The minimum absolute atomic E-state index is 0.0700. The van der Waals surface area contributed by atoms with Gasteiger partial charge in [-0.15, -0.1) is 0 Å². The van der Waals surface area contributed by atoms with Crippen LogP contribution in [0.25, 0.3) is 11.3 Å². The van der Waals surface area contributed by atoms with Crippen molar-refractivity contribution in [3.8, 4) is 0 Å². The molecule has 1 aliphatic carbocycles. The molecule has 0 radical (unpaired) electrons. The first-order valence-corrected chi connectivity index (χ1v) is 10.1. The van der Waals surface area contributed by atoms with Crippen molar-refractivity contribution in [1.82, 2.24) is 10.2 Å². The molecule has 1 heterocycles. The Hall–Kier alpha value is -3.22. The van der Waals surface area contributed by atoms with Crippen LogP contribution in [0.15, 0.2) is 59.8 Å². The van der Waals surface area contributed by atoms with Crippen molar-refractivity contribution in [1.29, 1.82) is 0 Å². The van der Waals surface area contributed by atoms with Gasteiger partial charge >= 0.3 is 6.03 Å². The average Bonchev–Trinajstić information content (AvgIpc) is 3.35. The first-order chi connectivity index (χ1) is 14.7. The molecule has 1 saturated carbocycles. The number of aliphatic imine (C=N–C) groups is 1. The molecular formula is C24H28F2N4O. The van der Waals surface area contributed by atoms with Gasteiger partial charge < -0.3 is 16.0 Å². The Labute approximate surface area is 181 Å². The number of carbonyl (C=O) groups excluding carboxylic acids is 1. The zero-order chi connectivity index (χ0) is 22.6. The molecule has 3 N–H and O–H groups in total. The van der Waals surface area contributed by atoms with Gasteiger partial charge in [0.15, 0.2) is 0 Å². The van der Waals surface area contributed by atoms with Gasteiger partial charge in [0.1, 0.15) is 0 Å². The number of hydrogen-bond acceptors (Lipinski definition) is 3. The second-order valence-electron chi connectivity index (χ2n) is 8.16. The number of amides is 2. The lowest BCUT2D eigenvalue weighted by atomic mass is 9.98. The fraction of sp³-hybridized carbons (Fsp3) is 0.333. The summed E-state index contributed by atoms with van der Waals surface area (Å²) in [6.45, 7) is 4.03. The Bertz CT molecular complexity index is 1010. The molecule has 2 amide bonds. The summed E-state index contributed by atoms with van der Waals surface area (Å²) >= 11 is 0. The van der Waals surface area contributed by atoms with Gasteiger partial charge in [0.05, 0.1) is 12.0 Å². The molecule has 164 valence electrons. The smallest absolute Gasteiger partial charge is 0.321 e. The van der Waals surface area contributed by atoms with E-state index < -0.39 is 17.4 Å². The molecule has 0 saturated heterocycles. The highest BCUT2D eigenvalue weighted by atomic mass is 19.3. The van der Waals surface area contributed by atoms with Crippen LogP contribution in [-0.2, 0) is 0 Å². The van der Waals surface area contributed by atoms with E-state index in [9.17, 15) is 13.6 Å². The second-order valence-corrected chi connectivity index (χ2v) is 8.16. The standard InChI is InChI=1S/C24H28F2N4O/c1-17-9-10-18(19-7-4-5-11-29-14-19)13-20(17)21(27)8-6-12-30(22(31)28-3)16-23(2)15-24(23,25)26/h4-10,12-14H,11,15-16,27H2,1-3H3,(H,28,31)/b12-6+,21-8-. The van der Waals surface area contributed by atoms with Crippen molar-refractivity contribution in [2.45, 2.75) is 26.2 Å². The number of carbonyl (C=O) groups is 1. The molecule has 1 aromatic carbocycles. The van der Waals surface area contributed by atoms with Crippen LogP contribution in [0.2, 0.25) is 0 Å². The van der Waals surface area contributed by atoms with Gasteiger partial charge in [0.25, 0.3) is 5.92 Å². The summed E-state index contributed by atoms with van der Waals surface area (Å²) in [4.78, 5) is 17.7. The van der Waals surface area contributed by atoms with E-state index in [-0.39, 0.29) is 13.0 Å². The third-order valence-corrected chi connectivity index (χ3v) is 5.64.